The third kappa shape index (κ3) is 2.64. The fourth-order valence-corrected chi connectivity index (χ4v) is 1.69. The van der Waals surface area contributed by atoms with Crippen LogP contribution in [0.5, 0.6) is 5.75 Å². The zero-order valence-corrected chi connectivity index (χ0v) is 9.68. The molecule has 1 aromatic carbocycles. The van der Waals surface area contributed by atoms with Crippen molar-refractivity contribution in [3.63, 3.8) is 0 Å². The highest BCUT2D eigenvalue weighted by Crippen LogP contribution is 2.33. The van der Waals surface area contributed by atoms with Gasteiger partial charge in [0.2, 0.25) is 0 Å². The van der Waals surface area contributed by atoms with Crippen molar-refractivity contribution in [2.75, 3.05) is 6.61 Å². The molecule has 0 unspecified atom stereocenters. The summed E-state index contributed by atoms with van der Waals surface area (Å²) in [4.78, 5) is 0. The zero-order chi connectivity index (χ0) is 10.9. The van der Waals surface area contributed by atoms with Gasteiger partial charge in [0.1, 0.15) is 12.4 Å². The van der Waals surface area contributed by atoms with Gasteiger partial charge < -0.3 is 10.5 Å². The van der Waals surface area contributed by atoms with Crippen molar-refractivity contribution in [3.05, 3.63) is 28.8 Å². The van der Waals surface area contributed by atoms with Crippen LogP contribution < -0.4 is 10.5 Å². The average molecular weight is 226 g/mol. The first kappa shape index (κ1) is 10.8. The lowest BCUT2D eigenvalue weighted by atomic mass is 10.1. The van der Waals surface area contributed by atoms with Gasteiger partial charge in [0.15, 0.2) is 0 Å². The molecule has 0 aliphatic heterocycles. The van der Waals surface area contributed by atoms with E-state index in [0.717, 1.165) is 35.6 Å². The van der Waals surface area contributed by atoms with E-state index in [4.69, 9.17) is 22.1 Å². The maximum atomic E-state index is 6.02. The van der Waals surface area contributed by atoms with Crippen molar-refractivity contribution in [1.82, 2.24) is 0 Å². The van der Waals surface area contributed by atoms with E-state index in [1.54, 1.807) is 0 Å². The van der Waals surface area contributed by atoms with Gasteiger partial charge >= 0.3 is 0 Å². The van der Waals surface area contributed by atoms with E-state index in [-0.39, 0.29) is 5.54 Å². The first-order chi connectivity index (χ1) is 7.13. The summed E-state index contributed by atoms with van der Waals surface area (Å²) in [6, 6.07) is 5.77. The summed E-state index contributed by atoms with van der Waals surface area (Å²) >= 11 is 6.02. The second kappa shape index (κ2) is 4.03. The minimum atomic E-state index is -0.0635. The number of hydrogen-bond donors (Lipinski definition) is 1. The Kier molecular flexibility index (Phi) is 2.89. The number of benzene rings is 1. The Morgan fingerprint density at radius 3 is 2.80 bits per heavy atom. The molecule has 0 bridgehead atoms. The van der Waals surface area contributed by atoms with Crippen LogP contribution in [0.4, 0.5) is 0 Å². The van der Waals surface area contributed by atoms with Gasteiger partial charge in [-0.05, 0) is 43.0 Å². The summed E-state index contributed by atoms with van der Waals surface area (Å²) in [5, 5.41) is 0.804. The molecular formula is C12H16ClNO. The third-order valence-corrected chi connectivity index (χ3v) is 3.19. The van der Waals surface area contributed by atoms with Crippen LogP contribution in [0.15, 0.2) is 18.2 Å². The Hall–Kier alpha value is -0.730. The largest absolute Gasteiger partial charge is 0.492 e. The van der Waals surface area contributed by atoms with Gasteiger partial charge in [-0.25, -0.2) is 0 Å². The SMILES string of the molecule is CCc1cc(OCC2(N)CC2)ccc1Cl. The molecule has 82 valence electrons. The molecule has 1 saturated carbocycles. The van der Waals surface area contributed by atoms with Gasteiger partial charge in [0.05, 0.1) is 5.54 Å². The van der Waals surface area contributed by atoms with E-state index in [9.17, 15) is 0 Å². The smallest absolute Gasteiger partial charge is 0.119 e. The van der Waals surface area contributed by atoms with Crippen molar-refractivity contribution in [2.45, 2.75) is 31.7 Å². The molecule has 0 spiro atoms. The molecule has 0 amide bonds. The number of halogens is 1. The van der Waals surface area contributed by atoms with Crippen molar-refractivity contribution in [1.29, 1.82) is 0 Å². The summed E-state index contributed by atoms with van der Waals surface area (Å²) in [5.41, 5.74) is 7.00. The van der Waals surface area contributed by atoms with E-state index in [1.165, 1.54) is 0 Å². The normalized spacial score (nSPS) is 17.5. The predicted molar refractivity (Wildman–Crippen MR) is 62.5 cm³/mol. The van der Waals surface area contributed by atoms with Crippen LogP contribution in [-0.2, 0) is 6.42 Å². The lowest BCUT2D eigenvalue weighted by Gasteiger charge is -2.12. The van der Waals surface area contributed by atoms with E-state index in [2.05, 4.69) is 6.92 Å². The molecule has 1 aliphatic rings. The molecule has 0 radical (unpaired) electrons. The highest BCUT2D eigenvalue weighted by Gasteiger charge is 2.39. The van der Waals surface area contributed by atoms with Crippen LogP contribution in [0.3, 0.4) is 0 Å². The second-order valence-corrected chi connectivity index (χ2v) is 4.67. The van der Waals surface area contributed by atoms with Gasteiger partial charge in [0, 0.05) is 5.02 Å². The molecule has 2 rings (SSSR count). The molecule has 1 aromatic rings. The number of aryl methyl sites for hydroxylation is 1. The lowest BCUT2D eigenvalue weighted by Crippen LogP contribution is -2.29. The molecule has 3 heteroatoms. The van der Waals surface area contributed by atoms with Gasteiger partial charge in [0.25, 0.3) is 0 Å². The molecule has 2 N–H and O–H groups in total. The van der Waals surface area contributed by atoms with Crippen LogP contribution in [0.1, 0.15) is 25.3 Å². The van der Waals surface area contributed by atoms with Gasteiger partial charge in [-0.1, -0.05) is 18.5 Å². The topological polar surface area (TPSA) is 35.2 Å². The molecule has 0 aromatic heterocycles. The van der Waals surface area contributed by atoms with E-state index in [0.29, 0.717) is 6.61 Å². The van der Waals surface area contributed by atoms with E-state index < -0.39 is 0 Å². The molecule has 2 nitrogen and oxygen atoms in total. The zero-order valence-electron chi connectivity index (χ0n) is 8.92. The van der Waals surface area contributed by atoms with Gasteiger partial charge in [-0.3, -0.25) is 0 Å². The lowest BCUT2D eigenvalue weighted by molar-refractivity contribution is 0.279. The highest BCUT2D eigenvalue weighted by molar-refractivity contribution is 6.31. The summed E-state index contributed by atoms with van der Waals surface area (Å²) in [6.07, 6.45) is 3.06. The minimum Gasteiger partial charge on any atom is -0.492 e. The molecular weight excluding hydrogens is 210 g/mol. The number of ether oxygens (including phenoxy) is 1. The first-order valence-corrected chi connectivity index (χ1v) is 5.71. The highest BCUT2D eigenvalue weighted by atomic mass is 35.5. The van der Waals surface area contributed by atoms with E-state index >= 15 is 0 Å². The van der Waals surface area contributed by atoms with Crippen molar-refractivity contribution in [3.8, 4) is 5.75 Å². The third-order valence-electron chi connectivity index (χ3n) is 2.82. The Balaban J connectivity index is 2.01. The Morgan fingerprint density at radius 2 is 2.20 bits per heavy atom. The fraction of sp³-hybridized carbons (Fsp3) is 0.500. The standard InChI is InChI=1S/C12H16ClNO/c1-2-9-7-10(3-4-11(9)13)15-8-12(14)5-6-12/h3-4,7H,2,5-6,8,14H2,1H3. The van der Waals surface area contributed by atoms with Crippen molar-refractivity contribution in [2.24, 2.45) is 5.73 Å². The van der Waals surface area contributed by atoms with Crippen molar-refractivity contribution >= 4 is 11.6 Å². The number of rotatable bonds is 4. The summed E-state index contributed by atoms with van der Waals surface area (Å²) in [5.74, 6) is 0.868. The van der Waals surface area contributed by atoms with Gasteiger partial charge in [-0.2, -0.15) is 0 Å². The maximum absolute atomic E-state index is 6.02. The Morgan fingerprint density at radius 1 is 1.47 bits per heavy atom. The first-order valence-electron chi connectivity index (χ1n) is 5.33. The predicted octanol–water partition coefficient (Wildman–Crippen LogP) is 2.77. The van der Waals surface area contributed by atoms with Crippen molar-refractivity contribution < 1.29 is 4.74 Å². The Bertz CT molecular complexity index is 361. The summed E-state index contributed by atoms with van der Waals surface area (Å²) in [7, 11) is 0. The molecule has 15 heavy (non-hydrogen) atoms. The van der Waals surface area contributed by atoms with Crippen LogP contribution in [0.25, 0.3) is 0 Å². The molecule has 0 saturated heterocycles. The van der Waals surface area contributed by atoms with Crippen LogP contribution in [0, 0.1) is 0 Å². The summed E-state index contributed by atoms with van der Waals surface area (Å²) in [6.45, 7) is 2.69. The molecule has 1 fully saturated rings. The fourth-order valence-electron chi connectivity index (χ4n) is 1.44. The monoisotopic (exact) mass is 225 g/mol. The van der Waals surface area contributed by atoms with E-state index in [1.807, 2.05) is 18.2 Å². The number of nitrogens with two attached hydrogens (primary N) is 1. The maximum Gasteiger partial charge on any atom is 0.119 e. The minimum absolute atomic E-state index is 0.0635. The average Bonchev–Trinajstić information content (AvgIpc) is 2.96. The van der Waals surface area contributed by atoms with Crippen LogP contribution in [-0.4, -0.2) is 12.1 Å². The number of hydrogen-bond acceptors (Lipinski definition) is 2. The molecule has 0 atom stereocenters. The van der Waals surface area contributed by atoms with Gasteiger partial charge in [-0.15, -0.1) is 0 Å². The van der Waals surface area contributed by atoms with Crippen LogP contribution in [0.2, 0.25) is 5.02 Å². The molecule has 0 heterocycles. The summed E-state index contributed by atoms with van der Waals surface area (Å²) < 4.78 is 5.65. The Labute approximate surface area is 95.4 Å². The quantitative estimate of drug-likeness (QED) is 0.855. The molecule has 1 aliphatic carbocycles. The van der Waals surface area contributed by atoms with Crippen LogP contribution >= 0.6 is 11.6 Å². The second-order valence-electron chi connectivity index (χ2n) is 4.26.